The van der Waals surface area contributed by atoms with E-state index >= 15 is 0 Å². The van der Waals surface area contributed by atoms with Crippen LogP contribution in [0.2, 0.25) is 0 Å². The second-order valence-corrected chi connectivity index (χ2v) is 13.2. The predicted octanol–water partition coefficient (Wildman–Crippen LogP) is 6.97. The van der Waals surface area contributed by atoms with Crippen LogP contribution in [0.4, 0.5) is 0 Å². The molecule has 3 atom stereocenters. The van der Waals surface area contributed by atoms with Crippen LogP contribution in [0.15, 0.2) is 0 Å². The monoisotopic (exact) mass is 388 g/mol. The maximum Gasteiger partial charge on any atom is 0.0965 e. The lowest BCUT2D eigenvalue weighted by Crippen LogP contribution is -2.34. The van der Waals surface area contributed by atoms with E-state index in [0.29, 0.717) is 27.7 Å². The average Bonchev–Trinajstić information content (AvgIpc) is 3.01. The highest BCUT2D eigenvalue weighted by atomic mass is 79.9. The molecule has 0 radical (unpaired) electrons. The molecule has 0 N–H and O–H groups in total. The summed E-state index contributed by atoms with van der Waals surface area (Å²) in [4.78, 5) is 0.628. The first-order valence-corrected chi connectivity index (χ1v) is 12.7. The minimum absolute atomic E-state index is 0.463. The Morgan fingerprint density at radius 1 is 0.773 bits per heavy atom. The Morgan fingerprint density at radius 2 is 1.27 bits per heavy atom. The van der Waals surface area contributed by atoms with Crippen molar-refractivity contribution in [3.8, 4) is 0 Å². The number of alkyl halides is 1. The fourth-order valence-corrected chi connectivity index (χ4v) is 12.2. The molecule has 0 amide bonds. The van der Waals surface area contributed by atoms with Gasteiger partial charge in [0.15, 0.2) is 0 Å². The molecule has 0 bridgehead atoms. The molecule has 128 valence electrons. The number of rotatable bonds is 4. The largest absolute Gasteiger partial charge is 0.323 e. The van der Waals surface area contributed by atoms with Gasteiger partial charge in [-0.1, -0.05) is 67.8 Å². The second-order valence-electron chi connectivity index (χ2n) is 8.20. The van der Waals surface area contributed by atoms with Gasteiger partial charge in [0, 0.05) is 21.8 Å². The van der Waals surface area contributed by atoms with Crippen molar-refractivity contribution in [1.82, 2.24) is 0 Å². The summed E-state index contributed by atoms with van der Waals surface area (Å²) in [7, 11) is -2.08. The van der Waals surface area contributed by atoms with Crippen molar-refractivity contribution in [1.29, 1.82) is 0 Å². The van der Waals surface area contributed by atoms with Gasteiger partial charge in [-0.3, -0.25) is 0 Å². The Bertz CT molecular complexity index is 376. The lowest BCUT2D eigenvalue weighted by molar-refractivity contribution is 0.424. The lowest BCUT2D eigenvalue weighted by Gasteiger charge is -2.44. The Labute approximate surface area is 145 Å². The van der Waals surface area contributed by atoms with Crippen molar-refractivity contribution in [3.05, 3.63) is 0 Å². The molecule has 2 unspecified atom stereocenters. The van der Waals surface area contributed by atoms with Crippen LogP contribution in [0, 0.1) is 5.92 Å². The third kappa shape index (κ3) is 3.39. The smallest absolute Gasteiger partial charge is 0.0965 e. The summed E-state index contributed by atoms with van der Waals surface area (Å²) >= 11 is 3.92. The van der Waals surface area contributed by atoms with E-state index < -0.39 is 7.14 Å². The highest BCUT2D eigenvalue weighted by molar-refractivity contribution is 9.09. The van der Waals surface area contributed by atoms with Gasteiger partial charge in [0.25, 0.3) is 0 Å². The van der Waals surface area contributed by atoms with E-state index in [-0.39, 0.29) is 0 Å². The fraction of sp³-hybridized carbons (Fsp3) is 1.00. The Hall–Kier alpha value is 0.710. The molecule has 22 heavy (non-hydrogen) atoms. The van der Waals surface area contributed by atoms with Crippen LogP contribution in [0.25, 0.3) is 0 Å². The molecule has 0 saturated heterocycles. The molecule has 3 rings (SSSR count). The van der Waals surface area contributed by atoms with Crippen LogP contribution >= 0.6 is 23.1 Å². The zero-order valence-corrected chi connectivity index (χ0v) is 16.8. The zero-order valence-electron chi connectivity index (χ0n) is 14.3. The summed E-state index contributed by atoms with van der Waals surface area (Å²) in [5.41, 5.74) is 1.60. The summed E-state index contributed by atoms with van der Waals surface area (Å²) in [6, 6.07) is 0. The van der Waals surface area contributed by atoms with E-state index in [2.05, 4.69) is 22.9 Å². The SMILES string of the molecule is C[C@H](C1CCCC1Br)P(=O)(C1CCCCC1)C1CCCCC1. The Morgan fingerprint density at radius 3 is 1.68 bits per heavy atom. The summed E-state index contributed by atoms with van der Waals surface area (Å²) < 4.78 is 14.5. The van der Waals surface area contributed by atoms with Gasteiger partial charge >= 0.3 is 0 Å². The van der Waals surface area contributed by atoms with Crippen LogP contribution in [0.5, 0.6) is 0 Å². The second kappa shape index (κ2) is 7.73. The maximum absolute atomic E-state index is 14.5. The number of hydrogen-bond acceptors (Lipinski definition) is 1. The normalized spacial score (nSPS) is 33.9. The van der Waals surface area contributed by atoms with E-state index in [9.17, 15) is 4.57 Å². The molecular formula is C19H34BrOP. The molecule has 1 nitrogen and oxygen atoms in total. The van der Waals surface area contributed by atoms with Gasteiger partial charge < -0.3 is 4.57 Å². The van der Waals surface area contributed by atoms with E-state index in [0.717, 1.165) is 0 Å². The fourth-order valence-electron chi connectivity index (χ4n) is 5.72. The van der Waals surface area contributed by atoms with Gasteiger partial charge in [0.1, 0.15) is 0 Å². The van der Waals surface area contributed by atoms with Crippen LogP contribution in [-0.4, -0.2) is 21.8 Å². The van der Waals surface area contributed by atoms with Crippen LogP contribution in [-0.2, 0) is 4.57 Å². The van der Waals surface area contributed by atoms with Crippen molar-refractivity contribution in [2.75, 3.05) is 0 Å². The quantitative estimate of drug-likeness (QED) is 0.375. The van der Waals surface area contributed by atoms with Crippen molar-refractivity contribution in [2.45, 2.75) is 112 Å². The molecule has 0 spiro atoms. The summed E-state index contributed by atoms with van der Waals surface area (Å²) in [6.07, 6.45) is 17.1. The van der Waals surface area contributed by atoms with Crippen molar-refractivity contribution < 1.29 is 4.57 Å². The highest BCUT2D eigenvalue weighted by Crippen LogP contribution is 2.68. The predicted molar refractivity (Wildman–Crippen MR) is 101 cm³/mol. The lowest BCUT2D eigenvalue weighted by atomic mass is 9.99. The third-order valence-corrected chi connectivity index (χ3v) is 13.1. The van der Waals surface area contributed by atoms with Crippen molar-refractivity contribution in [2.24, 2.45) is 5.92 Å². The molecule has 0 heterocycles. The molecule has 3 aliphatic carbocycles. The average molecular weight is 389 g/mol. The molecule has 0 aromatic heterocycles. The summed E-state index contributed by atoms with van der Waals surface area (Å²) in [6.45, 7) is 2.38. The first-order chi connectivity index (χ1) is 10.6. The highest BCUT2D eigenvalue weighted by Gasteiger charge is 2.48. The third-order valence-electron chi connectivity index (χ3n) is 7.03. The van der Waals surface area contributed by atoms with Crippen molar-refractivity contribution in [3.63, 3.8) is 0 Å². The molecule has 0 aliphatic heterocycles. The Kier molecular flexibility index (Phi) is 6.16. The van der Waals surface area contributed by atoms with Gasteiger partial charge in [0.2, 0.25) is 0 Å². The summed E-state index contributed by atoms with van der Waals surface area (Å²) in [5, 5.41) is 0. The van der Waals surface area contributed by atoms with E-state index in [1.54, 1.807) is 0 Å². The molecule has 3 saturated carbocycles. The van der Waals surface area contributed by atoms with Gasteiger partial charge in [-0.15, -0.1) is 0 Å². The number of hydrogen-bond donors (Lipinski definition) is 0. The topological polar surface area (TPSA) is 17.1 Å². The van der Waals surface area contributed by atoms with Gasteiger partial charge in [-0.05, 0) is 44.4 Å². The molecule has 3 aliphatic rings. The zero-order chi connectivity index (χ0) is 15.6. The van der Waals surface area contributed by atoms with E-state index in [4.69, 9.17) is 0 Å². The van der Waals surface area contributed by atoms with Crippen LogP contribution < -0.4 is 0 Å². The number of halogens is 1. The maximum atomic E-state index is 14.5. The molecule has 3 heteroatoms. The minimum atomic E-state index is -2.08. The minimum Gasteiger partial charge on any atom is -0.323 e. The first-order valence-electron chi connectivity index (χ1n) is 9.87. The van der Waals surface area contributed by atoms with E-state index in [1.165, 1.54) is 83.5 Å². The summed E-state index contributed by atoms with van der Waals surface area (Å²) in [5.74, 6) is 0.676. The van der Waals surface area contributed by atoms with Gasteiger partial charge in [-0.25, -0.2) is 0 Å². The Balaban J connectivity index is 1.85. The van der Waals surface area contributed by atoms with Crippen molar-refractivity contribution >= 4 is 23.1 Å². The molecule has 3 fully saturated rings. The first kappa shape index (κ1) is 17.5. The van der Waals surface area contributed by atoms with Gasteiger partial charge in [-0.2, -0.15) is 0 Å². The molecule has 0 aromatic rings. The molecular weight excluding hydrogens is 355 g/mol. The standard InChI is InChI=1S/C19H34BrOP/c1-15(18-13-8-14-19(18)20)22(21,16-9-4-2-5-10-16)17-11-6-3-7-12-17/h15-19H,2-14H2,1H3/t15-,18?,19?/m1/s1. The van der Waals surface area contributed by atoms with Crippen LogP contribution in [0.3, 0.4) is 0 Å². The molecule has 0 aromatic carbocycles. The van der Waals surface area contributed by atoms with Gasteiger partial charge in [0.05, 0.1) is 7.14 Å². The van der Waals surface area contributed by atoms with Crippen LogP contribution in [0.1, 0.15) is 90.4 Å². The van der Waals surface area contributed by atoms with E-state index in [1.807, 2.05) is 0 Å².